The molecule has 7 heteroatoms. The Morgan fingerprint density at radius 2 is 2.04 bits per heavy atom. The topological polar surface area (TPSA) is 61.9 Å². The van der Waals surface area contributed by atoms with Crippen molar-refractivity contribution in [1.82, 2.24) is 9.62 Å². The molecule has 0 aliphatic carbocycles. The lowest BCUT2D eigenvalue weighted by atomic mass is 10.2. The summed E-state index contributed by atoms with van der Waals surface area (Å²) in [7, 11) is -1.54. The predicted octanol–water partition coefficient (Wildman–Crippen LogP) is 1.53. The fraction of sp³-hybridized carbons (Fsp3) is 0.625. The zero-order valence-electron chi connectivity index (χ0n) is 14.2. The van der Waals surface area contributed by atoms with Crippen LogP contribution in [0.25, 0.3) is 0 Å². The molecule has 0 fully saturated rings. The molecule has 1 aliphatic rings. The van der Waals surface area contributed by atoms with Crippen LogP contribution in [-0.4, -0.2) is 59.7 Å². The Hall–Kier alpha value is -1.31. The molecule has 0 radical (unpaired) electrons. The van der Waals surface area contributed by atoms with Crippen molar-refractivity contribution in [2.45, 2.75) is 25.2 Å². The van der Waals surface area contributed by atoms with Crippen LogP contribution in [0, 0.1) is 0 Å². The van der Waals surface area contributed by atoms with Crippen LogP contribution in [0.15, 0.2) is 23.1 Å². The van der Waals surface area contributed by atoms with Gasteiger partial charge < -0.3 is 14.5 Å². The van der Waals surface area contributed by atoms with Gasteiger partial charge in [-0.3, -0.25) is 0 Å². The first-order valence-electron chi connectivity index (χ1n) is 8.18. The van der Waals surface area contributed by atoms with E-state index in [4.69, 9.17) is 4.74 Å². The number of hydrogen-bond donors (Lipinski definition) is 1. The molecular weight excluding hydrogens is 314 g/mol. The van der Waals surface area contributed by atoms with E-state index in [0.29, 0.717) is 13.2 Å². The van der Waals surface area contributed by atoms with Crippen molar-refractivity contribution in [3.8, 4) is 5.75 Å². The predicted molar refractivity (Wildman–Crippen MR) is 92.8 cm³/mol. The van der Waals surface area contributed by atoms with Crippen LogP contribution in [0.5, 0.6) is 5.75 Å². The fourth-order valence-electron chi connectivity index (χ4n) is 2.63. The molecule has 23 heavy (non-hydrogen) atoms. The molecule has 0 bridgehead atoms. The number of sulfonamides is 1. The van der Waals surface area contributed by atoms with Crippen molar-refractivity contribution in [2.75, 3.05) is 51.3 Å². The first-order chi connectivity index (χ1) is 11.0. The highest BCUT2D eigenvalue weighted by molar-refractivity contribution is 7.89. The van der Waals surface area contributed by atoms with Crippen LogP contribution in [0.1, 0.15) is 20.3 Å². The van der Waals surface area contributed by atoms with E-state index in [-0.39, 0.29) is 4.90 Å². The van der Waals surface area contributed by atoms with E-state index in [1.54, 1.807) is 18.2 Å². The van der Waals surface area contributed by atoms with Gasteiger partial charge in [-0.05, 0) is 44.3 Å². The first-order valence-corrected chi connectivity index (χ1v) is 9.66. The number of ether oxygens (including phenoxy) is 1. The molecule has 1 N–H and O–H groups in total. The maximum Gasteiger partial charge on any atom is 0.240 e. The molecule has 1 aromatic carbocycles. The maximum atomic E-state index is 12.4. The highest BCUT2D eigenvalue weighted by Gasteiger charge is 2.20. The van der Waals surface area contributed by atoms with Crippen LogP contribution >= 0.6 is 0 Å². The van der Waals surface area contributed by atoms with E-state index >= 15 is 0 Å². The van der Waals surface area contributed by atoms with Gasteiger partial charge in [-0.15, -0.1) is 0 Å². The average Bonchev–Trinajstić information content (AvgIpc) is 2.55. The molecule has 2 rings (SSSR count). The molecule has 6 nitrogen and oxygen atoms in total. The molecule has 1 aliphatic heterocycles. The van der Waals surface area contributed by atoms with Crippen molar-refractivity contribution >= 4 is 15.7 Å². The van der Waals surface area contributed by atoms with Gasteiger partial charge in [0.25, 0.3) is 0 Å². The highest BCUT2D eigenvalue weighted by atomic mass is 32.2. The number of anilines is 1. The van der Waals surface area contributed by atoms with Gasteiger partial charge in [0.05, 0.1) is 17.1 Å². The Bertz CT molecular complexity index is 615. The van der Waals surface area contributed by atoms with Crippen LogP contribution in [0.4, 0.5) is 5.69 Å². The maximum absolute atomic E-state index is 12.4. The molecule has 0 aromatic heterocycles. The van der Waals surface area contributed by atoms with Crippen LogP contribution in [0.3, 0.4) is 0 Å². The van der Waals surface area contributed by atoms with Crippen molar-refractivity contribution in [3.63, 3.8) is 0 Å². The Kier molecular flexibility index (Phi) is 6.26. The summed E-state index contributed by atoms with van der Waals surface area (Å²) in [4.78, 5) is 4.58. The normalized spacial score (nSPS) is 14.7. The van der Waals surface area contributed by atoms with E-state index in [9.17, 15) is 8.42 Å². The number of fused-ring (bicyclic) bond motifs is 1. The number of nitrogens with one attached hydrogen (secondary N) is 1. The minimum Gasteiger partial charge on any atom is -0.490 e. The zero-order chi connectivity index (χ0) is 16.9. The second kappa shape index (κ2) is 7.99. The van der Waals surface area contributed by atoms with Gasteiger partial charge >= 0.3 is 0 Å². The lowest BCUT2D eigenvalue weighted by Crippen LogP contribution is -2.31. The monoisotopic (exact) mass is 341 g/mol. The summed E-state index contributed by atoms with van der Waals surface area (Å²) in [5.74, 6) is 0.735. The number of benzene rings is 1. The minimum atomic E-state index is -3.48. The van der Waals surface area contributed by atoms with Gasteiger partial charge in [-0.25, -0.2) is 13.1 Å². The Morgan fingerprint density at radius 1 is 1.30 bits per heavy atom. The Balaban J connectivity index is 1.98. The van der Waals surface area contributed by atoms with Crippen molar-refractivity contribution < 1.29 is 13.2 Å². The second-order valence-corrected chi connectivity index (χ2v) is 7.44. The van der Waals surface area contributed by atoms with Crippen molar-refractivity contribution in [1.29, 1.82) is 0 Å². The largest absolute Gasteiger partial charge is 0.490 e. The number of rotatable bonds is 8. The van der Waals surface area contributed by atoms with Gasteiger partial charge in [0.2, 0.25) is 10.0 Å². The highest BCUT2D eigenvalue weighted by Crippen LogP contribution is 2.32. The first kappa shape index (κ1) is 18.0. The van der Waals surface area contributed by atoms with Gasteiger partial charge in [0, 0.05) is 13.6 Å². The fourth-order valence-corrected chi connectivity index (χ4v) is 3.72. The zero-order valence-corrected chi connectivity index (χ0v) is 15.0. The number of likely N-dealkylation sites (N-methyl/N-ethyl adjacent to an activating group) is 1. The van der Waals surface area contributed by atoms with Crippen LogP contribution < -0.4 is 14.4 Å². The van der Waals surface area contributed by atoms with Crippen molar-refractivity contribution in [2.24, 2.45) is 0 Å². The van der Waals surface area contributed by atoms with E-state index in [1.165, 1.54) is 0 Å². The quantitative estimate of drug-likeness (QED) is 0.727. The number of nitrogens with zero attached hydrogens (tertiary/aromatic N) is 2. The van der Waals surface area contributed by atoms with Gasteiger partial charge in [0.15, 0.2) is 0 Å². The second-order valence-electron chi connectivity index (χ2n) is 5.68. The molecule has 0 saturated heterocycles. The SMILES string of the molecule is CCN(CC)CCCNS(=O)(=O)c1ccc2c(c1)N(C)CCO2. The van der Waals surface area contributed by atoms with Gasteiger partial charge in [-0.1, -0.05) is 13.8 Å². The Labute approximate surface area is 139 Å². The summed E-state index contributed by atoms with van der Waals surface area (Å²) in [6.07, 6.45) is 0.800. The van der Waals surface area contributed by atoms with Crippen LogP contribution in [0.2, 0.25) is 0 Å². The third-order valence-corrected chi connectivity index (χ3v) is 5.63. The van der Waals surface area contributed by atoms with Gasteiger partial charge in [0.1, 0.15) is 12.4 Å². The molecule has 0 spiro atoms. The summed E-state index contributed by atoms with van der Waals surface area (Å²) >= 11 is 0. The van der Waals surface area contributed by atoms with E-state index in [0.717, 1.165) is 44.0 Å². The van der Waals surface area contributed by atoms with Crippen LogP contribution in [-0.2, 0) is 10.0 Å². The summed E-state index contributed by atoms with van der Waals surface area (Å²) < 4.78 is 33.1. The van der Waals surface area contributed by atoms with E-state index in [1.807, 2.05) is 11.9 Å². The third-order valence-electron chi connectivity index (χ3n) is 4.17. The molecule has 0 unspecified atom stereocenters. The molecule has 0 atom stereocenters. The third kappa shape index (κ3) is 4.59. The minimum absolute atomic E-state index is 0.288. The smallest absolute Gasteiger partial charge is 0.240 e. The molecule has 1 aromatic rings. The van der Waals surface area contributed by atoms with Crippen molar-refractivity contribution in [3.05, 3.63) is 18.2 Å². The molecule has 0 amide bonds. The lowest BCUT2D eigenvalue weighted by Gasteiger charge is -2.28. The van der Waals surface area contributed by atoms with E-state index in [2.05, 4.69) is 23.5 Å². The summed E-state index contributed by atoms with van der Waals surface area (Å²) in [6.45, 7) is 8.92. The van der Waals surface area contributed by atoms with E-state index < -0.39 is 10.0 Å². The molecule has 130 valence electrons. The molecule has 1 heterocycles. The average molecular weight is 341 g/mol. The summed E-state index contributed by atoms with van der Waals surface area (Å²) in [5.41, 5.74) is 0.822. The molecular formula is C16H27N3O3S. The standard InChI is InChI=1S/C16H27N3O3S/c1-4-19(5-2)10-6-9-17-23(20,21)14-7-8-16-15(13-14)18(3)11-12-22-16/h7-8,13,17H,4-6,9-12H2,1-3H3. The lowest BCUT2D eigenvalue weighted by molar-refractivity contribution is 0.300. The summed E-state index contributed by atoms with van der Waals surface area (Å²) in [6, 6.07) is 5.02. The molecule has 0 saturated carbocycles. The number of hydrogen-bond acceptors (Lipinski definition) is 5. The van der Waals surface area contributed by atoms with Gasteiger partial charge in [-0.2, -0.15) is 0 Å². The summed E-state index contributed by atoms with van der Waals surface area (Å²) in [5, 5.41) is 0. The Morgan fingerprint density at radius 3 is 2.74 bits per heavy atom.